The van der Waals surface area contributed by atoms with E-state index < -0.39 is 0 Å². The average molecular weight is 279 g/mol. The normalized spacial score (nSPS) is 22.6. The molecule has 2 unspecified atom stereocenters. The molecular weight excluding hydrogens is 254 g/mol. The van der Waals surface area contributed by atoms with Crippen LogP contribution in [-0.2, 0) is 6.54 Å². The molecule has 2 rings (SSSR count). The Morgan fingerprint density at radius 3 is 2.80 bits per heavy atom. The van der Waals surface area contributed by atoms with Crippen LogP contribution in [0, 0.1) is 0 Å². The van der Waals surface area contributed by atoms with Gasteiger partial charge >= 0.3 is 0 Å². The van der Waals surface area contributed by atoms with Gasteiger partial charge in [-0.2, -0.15) is 0 Å². The Kier molecular flexibility index (Phi) is 5.68. The maximum absolute atomic E-state index is 10.0. The number of aliphatic hydroxyl groups is 1. The Labute approximate surface area is 120 Å². The Morgan fingerprint density at radius 2 is 2.10 bits per heavy atom. The largest absolute Gasteiger partial charge is 0.493 e. The molecule has 0 radical (unpaired) electrons. The van der Waals surface area contributed by atoms with Crippen LogP contribution in [0.1, 0.15) is 44.6 Å². The second-order valence-corrected chi connectivity index (χ2v) is 5.33. The quantitative estimate of drug-likeness (QED) is 0.840. The van der Waals surface area contributed by atoms with Crippen LogP contribution in [0.15, 0.2) is 18.2 Å². The van der Waals surface area contributed by atoms with E-state index >= 15 is 0 Å². The first-order valence-corrected chi connectivity index (χ1v) is 7.55. The summed E-state index contributed by atoms with van der Waals surface area (Å²) in [5, 5.41) is 10.0. The van der Waals surface area contributed by atoms with Gasteiger partial charge in [0.2, 0.25) is 0 Å². The molecule has 1 aromatic rings. The summed E-state index contributed by atoms with van der Waals surface area (Å²) in [5.74, 6) is 1.54. The SMILES string of the molecule is CCCOc1ccc(CN)c(OC2CCCCC2O)c1. The smallest absolute Gasteiger partial charge is 0.128 e. The Balaban J connectivity index is 2.10. The third kappa shape index (κ3) is 3.87. The maximum Gasteiger partial charge on any atom is 0.128 e. The molecule has 1 aliphatic carbocycles. The summed E-state index contributed by atoms with van der Waals surface area (Å²) in [7, 11) is 0. The van der Waals surface area contributed by atoms with Crippen LogP contribution in [0.25, 0.3) is 0 Å². The Hall–Kier alpha value is -1.26. The monoisotopic (exact) mass is 279 g/mol. The molecule has 2 atom stereocenters. The van der Waals surface area contributed by atoms with Gasteiger partial charge in [0, 0.05) is 18.2 Å². The van der Waals surface area contributed by atoms with Gasteiger partial charge in [-0.15, -0.1) is 0 Å². The summed E-state index contributed by atoms with van der Waals surface area (Å²) in [5.41, 5.74) is 6.71. The molecule has 3 N–H and O–H groups in total. The van der Waals surface area contributed by atoms with E-state index in [1.165, 1.54) is 0 Å². The zero-order valence-corrected chi connectivity index (χ0v) is 12.2. The third-order valence-electron chi connectivity index (χ3n) is 3.68. The Bertz CT molecular complexity index is 422. The predicted octanol–water partition coefficient (Wildman–Crippen LogP) is 2.62. The van der Waals surface area contributed by atoms with Gasteiger partial charge in [-0.25, -0.2) is 0 Å². The standard InChI is InChI=1S/C16H25NO3/c1-2-9-19-13-8-7-12(11-17)16(10-13)20-15-6-4-3-5-14(15)18/h7-8,10,14-15,18H,2-6,9,11,17H2,1H3. The van der Waals surface area contributed by atoms with Crippen molar-refractivity contribution >= 4 is 0 Å². The van der Waals surface area contributed by atoms with Crippen LogP contribution in [0.3, 0.4) is 0 Å². The molecule has 20 heavy (non-hydrogen) atoms. The number of ether oxygens (including phenoxy) is 2. The molecular formula is C16H25NO3. The van der Waals surface area contributed by atoms with E-state index in [0.717, 1.165) is 49.2 Å². The van der Waals surface area contributed by atoms with E-state index in [0.29, 0.717) is 13.2 Å². The molecule has 0 spiro atoms. The van der Waals surface area contributed by atoms with Gasteiger partial charge in [-0.1, -0.05) is 19.4 Å². The predicted molar refractivity (Wildman–Crippen MR) is 79.0 cm³/mol. The van der Waals surface area contributed by atoms with Gasteiger partial charge in [0.15, 0.2) is 0 Å². The van der Waals surface area contributed by atoms with E-state index in [1.54, 1.807) is 0 Å². The lowest BCUT2D eigenvalue weighted by molar-refractivity contribution is 0.00629. The van der Waals surface area contributed by atoms with Crippen molar-refractivity contribution < 1.29 is 14.6 Å². The summed E-state index contributed by atoms with van der Waals surface area (Å²) in [6, 6.07) is 5.75. The van der Waals surface area contributed by atoms with Crippen LogP contribution >= 0.6 is 0 Å². The van der Waals surface area contributed by atoms with Crippen molar-refractivity contribution in [3.63, 3.8) is 0 Å². The van der Waals surface area contributed by atoms with Crippen molar-refractivity contribution in [2.45, 2.75) is 57.8 Å². The van der Waals surface area contributed by atoms with Crippen molar-refractivity contribution in [1.29, 1.82) is 0 Å². The van der Waals surface area contributed by atoms with E-state index in [9.17, 15) is 5.11 Å². The highest BCUT2D eigenvalue weighted by Crippen LogP contribution is 2.29. The van der Waals surface area contributed by atoms with Crippen molar-refractivity contribution in [2.75, 3.05) is 6.61 Å². The van der Waals surface area contributed by atoms with Gasteiger partial charge in [-0.3, -0.25) is 0 Å². The molecule has 4 nitrogen and oxygen atoms in total. The van der Waals surface area contributed by atoms with Crippen molar-refractivity contribution in [3.05, 3.63) is 23.8 Å². The molecule has 1 saturated carbocycles. The van der Waals surface area contributed by atoms with Gasteiger partial charge in [0.25, 0.3) is 0 Å². The lowest BCUT2D eigenvalue weighted by Crippen LogP contribution is -2.34. The van der Waals surface area contributed by atoms with Crippen LogP contribution in [0.4, 0.5) is 0 Å². The molecule has 0 saturated heterocycles. The fourth-order valence-electron chi connectivity index (χ4n) is 2.50. The topological polar surface area (TPSA) is 64.7 Å². The van der Waals surface area contributed by atoms with Crippen LogP contribution in [0.5, 0.6) is 11.5 Å². The number of rotatable bonds is 6. The molecule has 1 aliphatic rings. The summed E-state index contributed by atoms with van der Waals surface area (Å²) in [4.78, 5) is 0. The highest BCUT2D eigenvalue weighted by atomic mass is 16.5. The minimum atomic E-state index is -0.380. The first-order chi connectivity index (χ1) is 9.74. The van der Waals surface area contributed by atoms with Crippen LogP contribution in [0.2, 0.25) is 0 Å². The highest BCUT2D eigenvalue weighted by Gasteiger charge is 2.25. The number of benzene rings is 1. The van der Waals surface area contributed by atoms with Gasteiger partial charge in [-0.05, 0) is 31.7 Å². The summed E-state index contributed by atoms with van der Waals surface area (Å²) < 4.78 is 11.6. The maximum atomic E-state index is 10.0. The van der Waals surface area contributed by atoms with Gasteiger partial charge in [0.1, 0.15) is 17.6 Å². The fourth-order valence-corrected chi connectivity index (χ4v) is 2.50. The second-order valence-electron chi connectivity index (χ2n) is 5.33. The third-order valence-corrected chi connectivity index (χ3v) is 3.68. The fraction of sp³-hybridized carbons (Fsp3) is 0.625. The lowest BCUT2D eigenvalue weighted by atomic mass is 9.95. The molecule has 1 fully saturated rings. The lowest BCUT2D eigenvalue weighted by Gasteiger charge is -2.29. The molecule has 0 bridgehead atoms. The first kappa shape index (κ1) is 15.1. The van der Waals surface area contributed by atoms with E-state index in [-0.39, 0.29) is 12.2 Å². The summed E-state index contributed by atoms with van der Waals surface area (Å²) in [6.45, 7) is 3.18. The minimum absolute atomic E-state index is 0.129. The van der Waals surface area contributed by atoms with E-state index in [1.807, 2.05) is 18.2 Å². The van der Waals surface area contributed by atoms with Crippen LogP contribution in [-0.4, -0.2) is 23.9 Å². The molecule has 4 heteroatoms. The highest BCUT2D eigenvalue weighted by molar-refractivity contribution is 5.41. The average Bonchev–Trinajstić information content (AvgIpc) is 2.48. The number of hydrogen-bond donors (Lipinski definition) is 2. The Morgan fingerprint density at radius 1 is 1.30 bits per heavy atom. The molecule has 0 amide bonds. The summed E-state index contributed by atoms with van der Waals surface area (Å²) >= 11 is 0. The molecule has 0 heterocycles. The van der Waals surface area contributed by atoms with E-state index in [4.69, 9.17) is 15.2 Å². The number of nitrogens with two attached hydrogens (primary N) is 1. The zero-order valence-electron chi connectivity index (χ0n) is 12.2. The first-order valence-electron chi connectivity index (χ1n) is 7.55. The minimum Gasteiger partial charge on any atom is -0.493 e. The second kappa shape index (κ2) is 7.50. The van der Waals surface area contributed by atoms with Crippen molar-refractivity contribution in [1.82, 2.24) is 0 Å². The van der Waals surface area contributed by atoms with E-state index in [2.05, 4.69) is 6.92 Å². The molecule has 0 aliphatic heterocycles. The number of aliphatic hydroxyl groups excluding tert-OH is 1. The van der Waals surface area contributed by atoms with Crippen LogP contribution < -0.4 is 15.2 Å². The number of hydrogen-bond acceptors (Lipinski definition) is 4. The molecule has 1 aromatic carbocycles. The summed E-state index contributed by atoms with van der Waals surface area (Å²) in [6.07, 6.45) is 4.34. The molecule has 112 valence electrons. The zero-order chi connectivity index (χ0) is 14.4. The van der Waals surface area contributed by atoms with Gasteiger partial charge in [0.05, 0.1) is 12.7 Å². The van der Waals surface area contributed by atoms with Crippen molar-refractivity contribution in [3.8, 4) is 11.5 Å². The van der Waals surface area contributed by atoms with Crippen molar-refractivity contribution in [2.24, 2.45) is 5.73 Å². The molecule has 0 aromatic heterocycles. The van der Waals surface area contributed by atoms with Gasteiger partial charge < -0.3 is 20.3 Å².